The third-order valence-corrected chi connectivity index (χ3v) is 5.08. The van der Waals surface area contributed by atoms with Gasteiger partial charge >= 0.3 is 5.97 Å². The number of nitrogens with one attached hydrogen (secondary N) is 1. The van der Waals surface area contributed by atoms with Crippen molar-refractivity contribution in [1.82, 2.24) is 9.88 Å². The molecule has 0 unspecified atom stereocenters. The maximum Gasteiger partial charge on any atom is 0.337 e. The molecule has 1 aliphatic rings. The predicted molar refractivity (Wildman–Crippen MR) is 108 cm³/mol. The second-order valence-electron chi connectivity index (χ2n) is 6.22. The second kappa shape index (κ2) is 7.85. The van der Waals surface area contributed by atoms with Gasteiger partial charge in [-0.1, -0.05) is 6.07 Å². The molecule has 0 fully saturated rings. The van der Waals surface area contributed by atoms with Crippen molar-refractivity contribution in [3.8, 4) is 5.69 Å². The van der Waals surface area contributed by atoms with Crippen LogP contribution in [-0.2, 0) is 14.3 Å². The highest BCUT2D eigenvalue weighted by Crippen LogP contribution is 2.30. The topological polar surface area (TPSA) is 89.8 Å². The number of hydrogen-bond acceptors (Lipinski definition) is 5. The number of aliphatic imine (C=N–C) groups is 1. The number of rotatable bonds is 3. The Hall–Kier alpha value is -3.13. The molecule has 1 aromatic heterocycles. The van der Waals surface area contributed by atoms with E-state index in [2.05, 4.69) is 10.3 Å². The molecule has 7 nitrogen and oxygen atoms in total. The molecule has 0 saturated heterocycles. The van der Waals surface area contributed by atoms with E-state index in [0.717, 1.165) is 34.4 Å². The predicted octanol–water partition coefficient (Wildman–Crippen LogP) is 2.99. The standard InChI is InChI=1S/C20H19N3O4S/c1-11-8-15(10-17-18(25)22-20(28-17)21-13(3)24)12(2)23(11)16-7-5-6-14(9-16)19(26)27-4/h5-10H,1-4H3,(H,21,22,24,25). The lowest BCUT2D eigenvalue weighted by Crippen LogP contribution is -2.23. The van der Waals surface area contributed by atoms with E-state index in [4.69, 9.17) is 4.74 Å². The van der Waals surface area contributed by atoms with Crippen LogP contribution in [0.3, 0.4) is 0 Å². The van der Waals surface area contributed by atoms with Gasteiger partial charge in [0.1, 0.15) is 0 Å². The van der Waals surface area contributed by atoms with Crippen LogP contribution in [0.15, 0.2) is 40.2 Å². The van der Waals surface area contributed by atoms with E-state index in [9.17, 15) is 14.4 Å². The van der Waals surface area contributed by atoms with Crippen LogP contribution >= 0.6 is 11.8 Å². The summed E-state index contributed by atoms with van der Waals surface area (Å²) in [6, 6.07) is 9.11. The summed E-state index contributed by atoms with van der Waals surface area (Å²) >= 11 is 1.13. The summed E-state index contributed by atoms with van der Waals surface area (Å²) in [4.78, 5) is 39.4. The highest BCUT2D eigenvalue weighted by molar-refractivity contribution is 8.18. The van der Waals surface area contributed by atoms with Gasteiger partial charge in [0.15, 0.2) is 5.17 Å². The third kappa shape index (κ3) is 3.91. The Bertz CT molecular complexity index is 1050. The molecule has 1 aliphatic heterocycles. The Balaban J connectivity index is 1.95. The number of carbonyl (C=O) groups excluding carboxylic acids is 3. The number of aromatic nitrogens is 1. The third-order valence-electron chi connectivity index (χ3n) is 4.19. The number of benzene rings is 1. The van der Waals surface area contributed by atoms with E-state index in [1.807, 2.05) is 30.5 Å². The largest absolute Gasteiger partial charge is 0.465 e. The van der Waals surface area contributed by atoms with Gasteiger partial charge in [0.05, 0.1) is 17.6 Å². The van der Waals surface area contributed by atoms with Gasteiger partial charge in [-0.05, 0) is 61.5 Å². The number of ether oxygens (including phenoxy) is 1. The van der Waals surface area contributed by atoms with Crippen molar-refractivity contribution in [2.45, 2.75) is 20.8 Å². The summed E-state index contributed by atoms with van der Waals surface area (Å²) in [7, 11) is 1.35. The normalized spacial score (nSPS) is 14.9. The fraction of sp³-hybridized carbons (Fsp3) is 0.200. The van der Waals surface area contributed by atoms with Crippen molar-refractivity contribution < 1.29 is 19.1 Å². The van der Waals surface area contributed by atoms with E-state index in [-0.39, 0.29) is 17.0 Å². The summed E-state index contributed by atoms with van der Waals surface area (Å²) in [5.41, 5.74) is 4.00. The van der Waals surface area contributed by atoms with Gasteiger partial charge in [-0.2, -0.15) is 4.99 Å². The van der Waals surface area contributed by atoms with Crippen molar-refractivity contribution in [2.75, 3.05) is 7.11 Å². The molecule has 0 saturated carbocycles. The number of carbonyl (C=O) groups is 3. The van der Waals surface area contributed by atoms with E-state index in [0.29, 0.717) is 10.5 Å². The minimum absolute atomic E-state index is 0.274. The fourth-order valence-corrected chi connectivity index (χ4v) is 3.83. The van der Waals surface area contributed by atoms with Crippen molar-refractivity contribution in [3.05, 3.63) is 57.8 Å². The van der Waals surface area contributed by atoms with Crippen LogP contribution in [0.4, 0.5) is 0 Å². The first-order chi connectivity index (χ1) is 13.3. The molecule has 28 heavy (non-hydrogen) atoms. The van der Waals surface area contributed by atoms with Gasteiger partial charge in [-0.25, -0.2) is 4.79 Å². The molecule has 1 N–H and O–H groups in total. The molecule has 0 bridgehead atoms. The Labute approximate surface area is 166 Å². The monoisotopic (exact) mass is 397 g/mol. The summed E-state index contributed by atoms with van der Waals surface area (Å²) in [5.74, 6) is -1.06. The molecule has 144 valence electrons. The van der Waals surface area contributed by atoms with E-state index in [1.54, 1.807) is 24.3 Å². The Kier molecular flexibility index (Phi) is 5.51. The highest BCUT2D eigenvalue weighted by Gasteiger charge is 2.23. The van der Waals surface area contributed by atoms with Gasteiger partial charge in [0.2, 0.25) is 5.91 Å². The lowest BCUT2D eigenvalue weighted by Gasteiger charge is -2.11. The van der Waals surface area contributed by atoms with Crippen LogP contribution < -0.4 is 5.32 Å². The number of amidine groups is 1. The van der Waals surface area contributed by atoms with Gasteiger partial charge in [0, 0.05) is 24.0 Å². The van der Waals surface area contributed by atoms with Crippen LogP contribution in [0.2, 0.25) is 0 Å². The van der Waals surface area contributed by atoms with E-state index >= 15 is 0 Å². The quantitative estimate of drug-likeness (QED) is 0.635. The number of thioether (sulfide) groups is 1. The summed E-state index contributed by atoms with van der Waals surface area (Å²) in [6.45, 7) is 5.25. The van der Waals surface area contributed by atoms with E-state index in [1.165, 1.54) is 14.0 Å². The molecular weight excluding hydrogens is 378 g/mol. The van der Waals surface area contributed by atoms with Crippen molar-refractivity contribution in [1.29, 1.82) is 0 Å². The Morgan fingerprint density at radius 2 is 2.00 bits per heavy atom. The first kappa shape index (κ1) is 19.6. The zero-order valence-corrected chi connectivity index (χ0v) is 16.7. The number of amides is 2. The molecule has 0 aliphatic carbocycles. The minimum Gasteiger partial charge on any atom is -0.465 e. The van der Waals surface area contributed by atoms with E-state index < -0.39 is 5.97 Å². The van der Waals surface area contributed by atoms with Crippen LogP contribution in [-0.4, -0.2) is 34.6 Å². The number of aryl methyl sites for hydroxylation is 1. The minimum atomic E-state index is -0.401. The smallest absolute Gasteiger partial charge is 0.337 e. The van der Waals surface area contributed by atoms with Crippen molar-refractivity contribution in [2.24, 2.45) is 4.99 Å². The molecule has 2 aromatic rings. The zero-order valence-electron chi connectivity index (χ0n) is 15.9. The van der Waals surface area contributed by atoms with Gasteiger partial charge < -0.3 is 14.6 Å². The lowest BCUT2D eigenvalue weighted by atomic mass is 10.2. The molecule has 0 radical (unpaired) electrons. The molecule has 0 atom stereocenters. The Morgan fingerprint density at radius 3 is 2.68 bits per heavy atom. The van der Waals surface area contributed by atoms with Gasteiger partial charge in [-0.15, -0.1) is 0 Å². The molecule has 0 spiro atoms. The molecule has 1 aromatic carbocycles. The second-order valence-corrected chi connectivity index (χ2v) is 7.25. The average molecular weight is 397 g/mol. The van der Waals surface area contributed by atoms with Crippen molar-refractivity contribution in [3.63, 3.8) is 0 Å². The van der Waals surface area contributed by atoms with Crippen LogP contribution in [0.5, 0.6) is 0 Å². The SMILES string of the molecule is COC(=O)c1cccc(-n2c(C)cc(C=C3SC(NC(C)=O)=NC3=O)c2C)c1. The van der Waals surface area contributed by atoms with Crippen LogP contribution in [0.1, 0.15) is 34.2 Å². The number of esters is 1. The van der Waals surface area contributed by atoms with Crippen molar-refractivity contribution >= 4 is 40.8 Å². The van der Waals surface area contributed by atoms with Crippen LogP contribution in [0, 0.1) is 13.8 Å². The first-order valence-electron chi connectivity index (χ1n) is 8.48. The number of hydrogen-bond donors (Lipinski definition) is 1. The maximum absolute atomic E-state index is 12.1. The average Bonchev–Trinajstić information content (AvgIpc) is 3.12. The van der Waals surface area contributed by atoms with Gasteiger partial charge in [0.25, 0.3) is 5.91 Å². The summed E-state index contributed by atoms with van der Waals surface area (Å²) in [5, 5.41) is 2.81. The molecule has 2 heterocycles. The fourth-order valence-electron chi connectivity index (χ4n) is 2.98. The highest BCUT2D eigenvalue weighted by atomic mass is 32.2. The summed E-state index contributed by atoms with van der Waals surface area (Å²) < 4.78 is 6.79. The Morgan fingerprint density at radius 1 is 1.25 bits per heavy atom. The maximum atomic E-state index is 12.1. The molecular formula is C20H19N3O4S. The molecule has 2 amide bonds. The lowest BCUT2D eigenvalue weighted by molar-refractivity contribution is -0.117. The summed E-state index contributed by atoms with van der Waals surface area (Å²) in [6.07, 6.45) is 1.76. The molecule has 8 heteroatoms. The first-order valence-corrected chi connectivity index (χ1v) is 9.29. The van der Waals surface area contributed by atoms with Crippen LogP contribution in [0.25, 0.3) is 11.8 Å². The number of methoxy groups -OCH3 is 1. The zero-order chi connectivity index (χ0) is 20.4. The number of nitrogens with zero attached hydrogens (tertiary/aromatic N) is 2. The molecule has 3 rings (SSSR count). The van der Waals surface area contributed by atoms with Gasteiger partial charge in [-0.3, -0.25) is 9.59 Å².